The zero-order chi connectivity index (χ0) is 73.3. The van der Waals surface area contributed by atoms with Crippen LogP contribution in [0, 0.1) is 6.92 Å². The van der Waals surface area contributed by atoms with Crippen LogP contribution in [-0.2, 0) is 27.6 Å². The molecule has 1 aliphatic heterocycles. The molecule has 11 aromatic rings. The van der Waals surface area contributed by atoms with E-state index in [-0.39, 0.29) is 16.2 Å². The molecular weight excluding hydrogens is 1340 g/mol. The molecule has 550 valence electrons. The third-order valence-corrected chi connectivity index (χ3v) is 26.4. The molecule has 0 unspecified atom stereocenters. The Morgan fingerprint density at radius 3 is 0.897 bits per heavy atom. The summed E-state index contributed by atoms with van der Waals surface area (Å²) in [6.07, 6.45) is 36.8. The molecule has 0 saturated carbocycles. The van der Waals surface area contributed by atoms with Crippen LogP contribution in [0.1, 0.15) is 273 Å². The highest BCUT2D eigenvalue weighted by Gasteiger charge is 2.47. The van der Waals surface area contributed by atoms with E-state index in [2.05, 4.69) is 247 Å². The number of anilines is 3. The Labute approximate surface area is 648 Å². The first-order chi connectivity index (χ1) is 52.7. The molecule has 2 heterocycles. The lowest BCUT2D eigenvalue weighted by Crippen LogP contribution is -2.26. The zero-order valence-electron chi connectivity index (χ0n) is 65.2. The van der Waals surface area contributed by atoms with Crippen molar-refractivity contribution < 1.29 is 0 Å². The van der Waals surface area contributed by atoms with Gasteiger partial charge in [-0.15, -0.1) is 0 Å². The van der Waals surface area contributed by atoms with Crippen molar-refractivity contribution in [3.8, 4) is 77.9 Å². The molecule has 0 saturated heterocycles. The Hall–Kier alpha value is -8.36. The molecular formula is C100H113N5S2. The van der Waals surface area contributed by atoms with Crippen LogP contribution in [0.4, 0.5) is 28.4 Å². The number of para-hydroxylation sites is 2. The molecule has 107 heavy (non-hydrogen) atoms. The van der Waals surface area contributed by atoms with E-state index in [0.29, 0.717) is 0 Å². The monoisotopic (exact) mass is 1450 g/mol. The molecule has 15 rings (SSSR count). The summed E-state index contributed by atoms with van der Waals surface area (Å²) >= 11 is 2.67. The van der Waals surface area contributed by atoms with E-state index in [4.69, 9.17) is 17.5 Å². The van der Waals surface area contributed by atoms with Gasteiger partial charge in [0.25, 0.3) is 0 Å². The summed E-state index contributed by atoms with van der Waals surface area (Å²) in [6.45, 7) is 16.4. The van der Waals surface area contributed by atoms with Gasteiger partial charge in [-0.1, -0.05) is 329 Å². The molecule has 1 aromatic heterocycles. The molecule has 0 fully saturated rings. The maximum absolute atomic E-state index is 5.37. The molecule has 10 aromatic carbocycles. The van der Waals surface area contributed by atoms with Crippen molar-refractivity contribution in [2.24, 2.45) is 8.73 Å². The van der Waals surface area contributed by atoms with Crippen LogP contribution in [0.25, 0.3) is 88.9 Å². The van der Waals surface area contributed by atoms with E-state index < -0.39 is 0 Å². The van der Waals surface area contributed by atoms with Crippen LogP contribution in [0.2, 0.25) is 0 Å². The van der Waals surface area contributed by atoms with E-state index in [1.807, 2.05) is 0 Å². The normalized spacial score (nSPS) is 14.2. The molecule has 0 N–H and O–H groups in total. The van der Waals surface area contributed by atoms with Gasteiger partial charge in [0.2, 0.25) is 0 Å². The quantitative estimate of drug-likeness (QED) is 0.0365. The van der Waals surface area contributed by atoms with Crippen LogP contribution in [0.3, 0.4) is 0 Å². The van der Waals surface area contributed by atoms with Crippen molar-refractivity contribution >= 4 is 62.6 Å². The van der Waals surface area contributed by atoms with Crippen molar-refractivity contribution in [2.75, 3.05) is 4.90 Å². The Morgan fingerprint density at radius 2 is 0.561 bits per heavy atom. The molecule has 3 aliphatic carbocycles. The third-order valence-electron chi connectivity index (χ3n) is 25.3. The smallest absolute Gasteiger partial charge is 0.115 e. The van der Waals surface area contributed by atoms with E-state index in [1.54, 1.807) is 11.1 Å². The van der Waals surface area contributed by atoms with Crippen LogP contribution in [-0.4, -0.2) is 8.75 Å². The van der Waals surface area contributed by atoms with Gasteiger partial charge in [0.05, 0.1) is 23.1 Å². The second kappa shape index (κ2) is 33.6. The summed E-state index contributed by atoms with van der Waals surface area (Å²) in [7, 11) is 0. The van der Waals surface area contributed by atoms with Gasteiger partial charge in [0, 0.05) is 44.4 Å². The fraction of sp³-hybridized carbons (Fsp3) is 0.400. The highest BCUT2D eigenvalue weighted by atomic mass is 32.1. The lowest BCUT2D eigenvalue weighted by molar-refractivity contribution is 0.400. The molecule has 0 bridgehead atoms. The van der Waals surface area contributed by atoms with Crippen LogP contribution >= 0.6 is 11.7 Å². The third kappa shape index (κ3) is 14.3. The van der Waals surface area contributed by atoms with E-state index in [0.717, 1.165) is 81.8 Å². The summed E-state index contributed by atoms with van der Waals surface area (Å²) in [5, 5.41) is 0. The van der Waals surface area contributed by atoms with E-state index >= 15 is 0 Å². The summed E-state index contributed by atoms with van der Waals surface area (Å²) in [6, 6.07) is 75.9. The van der Waals surface area contributed by atoms with Crippen molar-refractivity contribution in [1.29, 1.82) is 0 Å². The number of fused-ring (bicyclic) bond motifs is 11. The second-order valence-electron chi connectivity index (χ2n) is 32.2. The van der Waals surface area contributed by atoms with Gasteiger partial charge < -0.3 is 4.90 Å². The summed E-state index contributed by atoms with van der Waals surface area (Å²) in [4.78, 5) is 2.36. The SMILES string of the molecule is CCCCCCC1(CCCCCC)c2cc(C)ccc2-c2ccc(-c3ccc4c(c3)C(CCCCCC)(CCCCCC)c3cc(-c5c6c(c(-c7ccc8c(c7)C(CCCCCC)(CCCCCC)c7cc(-c9ccc(N(c%10ccccc%10)c%10ccccc%10)cc9)ccc7-8)c7nsnc57)N=S=N6)ccc3-4)cc21. The topological polar surface area (TPSA) is 53.7 Å². The largest absolute Gasteiger partial charge is 0.311 e. The van der Waals surface area contributed by atoms with E-state index in [1.165, 1.54) is 279 Å². The highest BCUT2D eigenvalue weighted by molar-refractivity contribution is 7.58. The molecule has 0 atom stereocenters. The molecule has 5 nitrogen and oxygen atoms in total. The van der Waals surface area contributed by atoms with Gasteiger partial charge in [0.15, 0.2) is 0 Å². The maximum atomic E-state index is 5.37. The van der Waals surface area contributed by atoms with Crippen LogP contribution in [0.5, 0.6) is 0 Å². The fourth-order valence-corrected chi connectivity index (χ4v) is 20.9. The lowest BCUT2D eigenvalue weighted by atomic mass is 9.69. The first-order valence-electron chi connectivity index (χ1n) is 42.0. The molecule has 7 heteroatoms. The number of benzene rings is 10. The van der Waals surface area contributed by atoms with E-state index in [9.17, 15) is 0 Å². The first-order valence-corrected chi connectivity index (χ1v) is 43.4. The number of hydrogen-bond donors (Lipinski definition) is 0. The van der Waals surface area contributed by atoms with Gasteiger partial charge in [-0.25, -0.2) is 0 Å². The molecule has 0 amide bonds. The summed E-state index contributed by atoms with van der Waals surface area (Å²) in [5.74, 6) is 0. The van der Waals surface area contributed by atoms with Crippen molar-refractivity contribution in [3.05, 3.63) is 233 Å². The summed E-state index contributed by atoms with van der Waals surface area (Å²) in [5.41, 5.74) is 35.5. The summed E-state index contributed by atoms with van der Waals surface area (Å²) < 4.78 is 21.4. The highest BCUT2D eigenvalue weighted by Crippen LogP contribution is 2.62. The molecule has 0 spiro atoms. The number of nitrogens with zero attached hydrogens (tertiary/aromatic N) is 5. The van der Waals surface area contributed by atoms with Crippen molar-refractivity contribution in [1.82, 2.24) is 8.75 Å². The van der Waals surface area contributed by atoms with Crippen molar-refractivity contribution in [2.45, 2.75) is 257 Å². The minimum absolute atomic E-state index is 0.0207. The number of aryl methyl sites for hydroxylation is 1. The van der Waals surface area contributed by atoms with Gasteiger partial charge in [-0.2, -0.15) is 17.5 Å². The van der Waals surface area contributed by atoms with Gasteiger partial charge >= 0.3 is 0 Å². The van der Waals surface area contributed by atoms with Gasteiger partial charge in [-0.05, 0) is 212 Å². The average molecular weight is 1450 g/mol. The fourth-order valence-electron chi connectivity index (χ4n) is 19.8. The second-order valence-corrected chi connectivity index (χ2v) is 33.2. The lowest BCUT2D eigenvalue weighted by Gasteiger charge is -2.34. The van der Waals surface area contributed by atoms with Gasteiger partial charge in [0.1, 0.15) is 22.4 Å². The average Bonchev–Trinajstić information content (AvgIpc) is 1.58. The first kappa shape index (κ1) is 74.1. The van der Waals surface area contributed by atoms with Crippen LogP contribution < -0.4 is 4.90 Å². The predicted octanol–water partition coefficient (Wildman–Crippen LogP) is 31.5. The maximum Gasteiger partial charge on any atom is 0.115 e. The number of hydrogen-bond acceptors (Lipinski definition) is 6. The molecule has 4 aliphatic rings. The number of unbranched alkanes of at least 4 members (excludes halogenated alkanes) is 18. The standard InChI is InChI=1S/C100H113N5S2/c1-8-14-20-32-58-98(59-33-21-15-9-2)86-64-70(7)42-52-80(86)81-54-46-73(66-88(81)98)74-47-55-83-85-57-49-76(69-91(85)100(89(83)67-74,62-36-24-18-12-5)63-37-25-19-13-6)93-96-94(101-106-103-96)92(95-97(93)104-107-102-95)75-48-56-84-82-53-45-72(65-87(82)99(90(84)68-75,60-34-22-16-10-3)61-35-23-17-11-4)71-43-50-79(51-44-71)105(77-38-28-26-29-39-77)78-40-30-27-31-41-78/h26-31,38-57,64-69H,8-25,32-37,58-63H2,1-7H3. The Kier molecular flexibility index (Phi) is 23.3. The minimum Gasteiger partial charge on any atom is -0.311 e. The Balaban J connectivity index is 0.825. The van der Waals surface area contributed by atoms with Gasteiger partial charge in [-0.3, -0.25) is 0 Å². The zero-order valence-corrected chi connectivity index (χ0v) is 66.9. The number of rotatable bonds is 37. The minimum atomic E-state index is -0.170. The predicted molar refractivity (Wildman–Crippen MR) is 461 cm³/mol. The Morgan fingerprint density at radius 1 is 0.280 bits per heavy atom. The Bertz CT molecular complexity index is 4920. The number of aromatic nitrogens is 2. The van der Waals surface area contributed by atoms with Crippen molar-refractivity contribution in [3.63, 3.8) is 0 Å². The molecule has 0 radical (unpaired) electrons. The van der Waals surface area contributed by atoms with Crippen LogP contribution in [0.15, 0.2) is 203 Å².